The molecule has 0 aliphatic heterocycles. The first-order valence-electron chi connectivity index (χ1n) is 9.04. The molecule has 0 aliphatic rings. The average molecular weight is 400 g/mol. The molecule has 0 radical (unpaired) electrons. The van der Waals surface area contributed by atoms with Gasteiger partial charge >= 0.3 is 5.91 Å². The van der Waals surface area contributed by atoms with Crippen molar-refractivity contribution in [1.29, 1.82) is 0 Å². The quantitative estimate of drug-likeness (QED) is 0.502. The summed E-state index contributed by atoms with van der Waals surface area (Å²) < 4.78 is 0. The van der Waals surface area contributed by atoms with Crippen molar-refractivity contribution in [2.24, 2.45) is 0 Å². The van der Waals surface area contributed by atoms with Crippen LogP contribution in [0.25, 0.3) is 11.1 Å². The van der Waals surface area contributed by atoms with Gasteiger partial charge in [0, 0.05) is 40.5 Å². The molecule has 4 rings (SSSR count). The van der Waals surface area contributed by atoms with Crippen LogP contribution in [0.3, 0.4) is 0 Å². The fourth-order valence-electron chi connectivity index (χ4n) is 2.86. The molecule has 0 saturated heterocycles. The average Bonchev–Trinajstić information content (AvgIpc) is 2.77. The molecule has 0 spiro atoms. The summed E-state index contributed by atoms with van der Waals surface area (Å²) in [5.74, 6) is -0.328. The predicted octanol–water partition coefficient (Wildman–Crippen LogP) is 3.62. The number of amides is 1. The van der Waals surface area contributed by atoms with Crippen LogP contribution < -0.4 is 10.9 Å². The molecule has 0 saturated carbocycles. The first-order valence-corrected chi connectivity index (χ1v) is 9.86. The molecular formula is C23H18N3O2S+. The van der Waals surface area contributed by atoms with E-state index in [1.807, 2.05) is 54.6 Å². The summed E-state index contributed by atoms with van der Waals surface area (Å²) >= 11 is 1.65. The van der Waals surface area contributed by atoms with Crippen LogP contribution in [0.2, 0.25) is 0 Å². The van der Waals surface area contributed by atoms with Crippen LogP contribution in [0.4, 0.5) is 5.69 Å². The smallest absolute Gasteiger partial charge is 0.328 e. The maximum atomic E-state index is 12.7. The summed E-state index contributed by atoms with van der Waals surface area (Å²) in [6.07, 6.45) is 4.94. The minimum atomic E-state index is -0.402. The standard InChI is InChI=1S/C23H17N3O2S/c27-22-21(14-17(15-25-22)16-10-12-24-13-11-16)23(28)26-18-6-8-20(9-7-18)29-19-4-2-1-3-5-19/h1-15H,(H,25,27)(H,26,28)/p+1. The molecule has 3 N–H and O–H groups in total. The Kier molecular flexibility index (Phi) is 5.65. The van der Waals surface area contributed by atoms with Gasteiger partial charge in [0.25, 0.3) is 5.56 Å². The summed E-state index contributed by atoms with van der Waals surface area (Å²) in [7, 11) is 0. The fourth-order valence-corrected chi connectivity index (χ4v) is 3.70. The molecule has 2 aromatic heterocycles. The third-order valence-corrected chi connectivity index (χ3v) is 5.35. The normalized spacial score (nSPS) is 10.6. The monoisotopic (exact) mass is 400 g/mol. The van der Waals surface area contributed by atoms with Crippen molar-refractivity contribution in [3.8, 4) is 11.1 Å². The van der Waals surface area contributed by atoms with Crippen molar-refractivity contribution in [2.75, 3.05) is 0 Å². The molecule has 29 heavy (non-hydrogen) atoms. The summed E-state index contributed by atoms with van der Waals surface area (Å²) in [6.45, 7) is 0. The molecule has 4 aromatic rings. The molecule has 142 valence electrons. The maximum absolute atomic E-state index is 12.7. The number of primary amides is 1. The van der Waals surface area contributed by atoms with E-state index in [0.29, 0.717) is 0 Å². The minimum absolute atomic E-state index is 0.113. The van der Waals surface area contributed by atoms with E-state index in [0.717, 1.165) is 26.6 Å². The van der Waals surface area contributed by atoms with Gasteiger partial charge in [-0.25, -0.2) is 10.1 Å². The van der Waals surface area contributed by atoms with E-state index in [4.69, 9.17) is 0 Å². The number of nitrogens with two attached hydrogens (primary N) is 1. The zero-order chi connectivity index (χ0) is 20.1. The number of aromatic nitrogens is 2. The van der Waals surface area contributed by atoms with Crippen molar-refractivity contribution in [2.45, 2.75) is 9.79 Å². The number of nitrogens with zero attached hydrogens (tertiary/aromatic N) is 1. The Balaban J connectivity index is 1.50. The zero-order valence-corrected chi connectivity index (χ0v) is 16.2. The lowest BCUT2D eigenvalue weighted by molar-refractivity contribution is -0.464. The third kappa shape index (κ3) is 4.68. The van der Waals surface area contributed by atoms with Crippen LogP contribution in [-0.2, 0) is 0 Å². The van der Waals surface area contributed by atoms with Gasteiger partial charge < -0.3 is 4.98 Å². The Morgan fingerprint density at radius 1 is 0.862 bits per heavy atom. The lowest BCUT2D eigenvalue weighted by Crippen LogP contribution is -2.82. The minimum Gasteiger partial charge on any atom is -0.328 e. The molecule has 0 atom stereocenters. The van der Waals surface area contributed by atoms with Crippen molar-refractivity contribution < 1.29 is 10.1 Å². The molecule has 5 nitrogen and oxygen atoms in total. The van der Waals surface area contributed by atoms with Gasteiger partial charge in [0.1, 0.15) is 11.3 Å². The van der Waals surface area contributed by atoms with Crippen molar-refractivity contribution in [3.05, 3.63) is 107 Å². The van der Waals surface area contributed by atoms with Gasteiger partial charge in [0.15, 0.2) is 0 Å². The second kappa shape index (κ2) is 8.68. The van der Waals surface area contributed by atoms with Crippen molar-refractivity contribution in [3.63, 3.8) is 0 Å². The number of nitrogens with one attached hydrogen (secondary N) is 1. The molecule has 0 fully saturated rings. The van der Waals surface area contributed by atoms with Crippen molar-refractivity contribution >= 4 is 23.4 Å². The Morgan fingerprint density at radius 2 is 1.55 bits per heavy atom. The summed E-state index contributed by atoms with van der Waals surface area (Å²) in [6, 6.07) is 23.1. The molecule has 1 amide bonds. The first kappa shape index (κ1) is 18.9. The van der Waals surface area contributed by atoms with Gasteiger partial charge in [-0.05, 0) is 53.6 Å². The van der Waals surface area contributed by atoms with Gasteiger partial charge in [0.05, 0.1) is 0 Å². The highest BCUT2D eigenvalue weighted by atomic mass is 32.2. The number of hydrogen-bond donors (Lipinski definition) is 2. The number of hydrogen-bond acceptors (Lipinski definition) is 4. The maximum Gasteiger partial charge on any atom is 0.353 e. The Hall–Kier alpha value is -3.48. The van der Waals surface area contributed by atoms with Crippen LogP contribution in [0, 0.1) is 0 Å². The molecular weight excluding hydrogens is 382 g/mol. The van der Waals surface area contributed by atoms with E-state index in [1.165, 1.54) is 5.32 Å². The van der Waals surface area contributed by atoms with E-state index in [1.54, 1.807) is 36.4 Å². The van der Waals surface area contributed by atoms with Gasteiger partial charge in [-0.2, -0.15) is 0 Å². The van der Waals surface area contributed by atoms with E-state index in [-0.39, 0.29) is 11.5 Å². The van der Waals surface area contributed by atoms with Crippen LogP contribution >= 0.6 is 11.8 Å². The van der Waals surface area contributed by atoms with Crippen LogP contribution in [0.1, 0.15) is 10.4 Å². The van der Waals surface area contributed by atoms with Gasteiger partial charge in [-0.15, -0.1) is 0 Å². The van der Waals surface area contributed by atoms with Crippen molar-refractivity contribution in [1.82, 2.24) is 9.97 Å². The number of carbonyl (C=O) groups is 1. The number of H-pyrrole nitrogens is 1. The summed E-state index contributed by atoms with van der Waals surface area (Å²) in [5, 5.41) is 1.48. The molecule has 2 aromatic carbocycles. The summed E-state index contributed by atoms with van der Waals surface area (Å²) in [4.78, 5) is 33.8. The summed E-state index contributed by atoms with van der Waals surface area (Å²) in [5.41, 5.74) is 2.11. The Bertz CT molecular complexity index is 1170. The van der Waals surface area contributed by atoms with Crippen LogP contribution in [0.5, 0.6) is 0 Å². The second-order valence-electron chi connectivity index (χ2n) is 6.36. The highest BCUT2D eigenvalue weighted by Gasteiger charge is 2.17. The van der Waals surface area contributed by atoms with Gasteiger partial charge in [-0.3, -0.25) is 9.78 Å². The molecule has 0 aliphatic carbocycles. The highest BCUT2D eigenvalue weighted by Crippen LogP contribution is 2.27. The SMILES string of the molecule is O=C([NH2+]c1ccc(Sc2ccccc2)cc1)c1cc(-c2ccncc2)c[nH]c1=O. The van der Waals surface area contributed by atoms with Crippen LogP contribution in [0.15, 0.2) is 106 Å². The molecule has 2 heterocycles. The van der Waals surface area contributed by atoms with E-state index in [2.05, 4.69) is 22.1 Å². The van der Waals surface area contributed by atoms with Crippen LogP contribution in [-0.4, -0.2) is 15.9 Å². The second-order valence-corrected chi connectivity index (χ2v) is 7.51. The lowest BCUT2D eigenvalue weighted by atomic mass is 10.1. The van der Waals surface area contributed by atoms with E-state index < -0.39 is 5.56 Å². The third-order valence-electron chi connectivity index (χ3n) is 4.34. The molecule has 0 unspecified atom stereocenters. The zero-order valence-electron chi connectivity index (χ0n) is 15.4. The Morgan fingerprint density at radius 3 is 2.28 bits per heavy atom. The van der Waals surface area contributed by atoms with E-state index in [9.17, 15) is 9.59 Å². The first-order chi connectivity index (χ1) is 14.2. The number of quaternary nitrogens is 1. The molecule has 6 heteroatoms. The van der Waals surface area contributed by atoms with Gasteiger partial charge in [-0.1, -0.05) is 30.0 Å². The Labute approximate surface area is 171 Å². The molecule has 0 bridgehead atoms. The number of pyridine rings is 2. The number of benzene rings is 2. The fraction of sp³-hybridized carbons (Fsp3) is 0. The number of carbonyl (C=O) groups excluding carboxylic acids is 1. The lowest BCUT2D eigenvalue weighted by Gasteiger charge is -2.04. The highest BCUT2D eigenvalue weighted by molar-refractivity contribution is 7.99. The predicted molar refractivity (Wildman–Crippen MR) is 113 cm³/mol. The van der Waals surface area contributed by atoms with E-state index >= 15 is 0 Å². The van der Waals surface area contributed by atoms with Gasteiger partial charge in [0.2, 0.25) is 0 Å². The number of aromatic amines is 1. The number of rotatable bonds is 5. The largest absolute Gasteiger partial charge is 0.353 e. The topological polar surface area (TPSA) is 79.4 Å².